The first-order chi connectivity index (χ1) is 4.27. The molecule has 0 atom stereocenters. The maximum absolute atomic E-state index is 5.33. The molecule has 5 N–H and O–H groups in total. The molecule has 0 amide bonds. The SMILES string of the molecule is C=C(N)CCCCNN. The number of hydrogen-bond donors (Lipinski definition) is 3. The predicted molar refractivity (Wildman–Crippen MR) is 39.4 cm³/mol. The third-order valence-corrected chi connectivity index (χ3v) is 1.07. The first kappa shape index (κ1) is 8.46. The van der Waals surface area contributed by atoms with E-state index in [9.17, 15) is 0 Å². The van der Waals surface area contributed by atoms with Gasteiger partial charge in [0.1, 0.15) is 0 Å². The summed E-state index contributed by atoms with van der Waals surface area (Å²) in [6.45, 7) is 4.43. The molecule has 3 nitrogen and oxygen atoms in total. The maximum Gasteiger partial charge on any atom is 0.00975 e. The molecule has 0 radical (unpaired) electrons. The zero-order valence-electron chi connectivity index (χ0n) is 5.69. The van der Waals surface area contributed by atoms with Gasteiger partial charge in [-0.25, -0.2) is 0 Å². The van der Waals surface area contributed by atoms with Gasteiger partial charge in [0.2, 0.25) is 0 Å². The summed E-state index contributed by atoms with van der Waals surface area (Å²) in [7, 11) is 0. The van der Waals surface area contributed by atoms with Crippen molar-refractivity contribution < 1.29 is 0 Å². The number of hydrazine groups is 1. The van der Waals surface area contributed by atoms with Gasteiger partial charge in [-0.05, 0) is 19.3 Å². The third kappa shape index (κ3) is 7.46. The van der Waals surface area contributed by atoms with Crippen molar-refractivity contribution in [3.63, 3.8) is 0 Å². The topological polar surface area (TPSA) is 64.1 Å². The lowest BCUT2D eigenvalue weighted by molar-refractivity contribution is 0.642. The fourth-order valence-electron chi connectivity index (χ4n) is 0.579. The lowest BCUT2D eigenvalue weighted by atomic mass is 10.2. The van der Waals surface area contributed by atoms with E-state index in [1.165, 1.54) is 0 Å². The molecule has 3 heteroatoms. The van der Waals surface area contributed by atoms with E-state index in [0.717, 1.165) is 31.5 Å². The van der Waals surface area contributed by atoms with Gasteiger partial charge in [0.05, 0.1) is 0 Å². The van der Waals surface area contributed by atoms with Gasteiger partial charge in [0.25, 0.3) is 0 Å². The highest BCUT2D eigenvalue weighted by atomic mass is 15.2. The van der Waals surface area contributed by atoms with Crippen molar-refractivity contribution in [2.45, 2.75) is 19.3 Å². The minimum atomic E-state index is 0.757. The van der Waals surface area contributed by atoms with Crippen LogP contribution in [0.15, 0.2) is 12.3 Å². The monoisotopic (exact) mass is 129 g/mol. The van der Waals surface area contributed by atoms with Crippen LogP contribution >= 0.6 is 0 Å². The quantitative estimate of drug-likeness (QED) is 0.280. The molecule has 0 aliphatic rings. The van der Waals surface area contributed by atoms with Crippen LogP contribution in [0.5, 0.6) is 0 Å². The van der Waals surface area contributed by atoms with E-state index in [1.54, 1.807) is 0 Å². The Kier molecular flexibility index (Phi) is 5.26. The van der Waals surface area contributed by atoms with Crippen molar-refractivity contribution in [1.29, 1.82) is 0 Å². The second-order valence-electron chi connectivity index (χ2n) is 2.07. The molecule has 0 fully saturated rings. The highest BCUT2D eigenvalue weighted by Crippen LogP contribution is 1.97. The fourth-order valence-corrected chi connectivity index (χ4v) is 0.579. The molecule has 9 heavy (non-hydrogen) atoms. The Morgan fingerprint density at radius 2 is 2.11 bits per heavy atom. The van der Waals surface area contributed by atoms with Crippen LogP contribution in [0.3, 0.4) is 0 Å². The molecular formula is C6H15N3. The number of rotatable bonds is 5. The van der Waals surface area contributed by atoms with Gasteiger partial charge in [-0.15, -0.1) is 0 Å². The van der Waals surface area contributed by atoms with Gasteiger partial charge < -0.3 is 5.73 Å². The average Bonchev–Trinajstić information content (AvgIpc) is 1.80. The largest absolute Gasteiger partial charge is 0.403 e. The molecule has 0 bridgehead atoms. The zero-order valence-corrected chi connectivity index (χ0v) is 5.69. The molecule has 0 aromatic carbocycles. The van der Waals surface area contributed by atoms with E-state index >= 15 is 0 Å². The van der Waals surface area contributed by atoms with Gasteiger partial charge >= 0.3 is 0 Å². The van der Waals surface area contributed by atoms with Crippen molar-refractivity contribution >= 4 is 0 Å². The second-order valence-corrected chi connectivity index (χ2v) is 2.07. The van der Waals surface area contributed by atoms with E-state index in [2.05, 4.69) is 12.0 Å². The molecule has 0 saturated heterocycles. The first-order valence-electron chi connectivity index (χ1n) is 3.14. The van der Waals surface area contributed by atoms with Crippen molar-refractivity contribution in [3.05, 3.63) is 12.3 Å². The van der Waals surface area contributed by atoms with Crippen molar-refractivity contribution in [2.75, 3.05) is 6.54 Å². The number of unbranched alkanes of at least 4 members (excludes halogenated alkanes) is 1. The van der Waals surface area contributed by atoms with Crippen molar-refractivity contribution in [2.24, 2.45) is 11.6 Å². The van der Waals surface area contributed by atoms with Gasteiger partial charge in [0, 0.05) is 12.2 Å². The van der Waals surface area contributed by atoms with E-state index in [0.29, 0.717) is 0 Å². The summed E-state index contributed by atoms with van der Waals surface area (Å²) < 4.78 is 0. The molecule has 0 aliphatic carbocycles. The normalized spacial score (nSPS) is 9.44. The maximum atomic E-state index is 5.33. The van der Waals surface area contributed by atoms with Crippen LogP contribution < -0.4 is 17.0 Å². The lowest BCUT2D eigenvalue weighted by Crippen LogP contribution is -2.22. The summed E-state index contributed by atoms with van der Waals surface area (Å²) in [6, 6.07) is 0. The van der Waals surface area contributed by atoms with Gasteiger partial charge in [-0.1, -0.05) is 6.58 Å². The molecule has 54 valence electrons. The first-order valence-corrected chi connectivity index (χ1v) is 3.14. The zero-order chi connectivity index (χ0) is 7.11. The number of nitrogens with two attached hydrogens (primary N) is 2. The van der Waals surface area contributed by atoms with E-state index in [-0.39, 0.29) is 0 Å². The predicted octanol–water partition coefficient (Wildman–Crippen LogP) is 0.0924. The van der Waals surface area contributed by atoms with Crippen LogP contribution in [-0.4, -0.2) is 6.54 Å². The Hall–Kier alpha value is -0.540. The molecule has 0 aliphatic heterocycles. The number of hydrogen-bond acceptors (Lipinski definition) is 3. The number of nitrogens with one attached hydrogen (secondary N) is 1. The van der Waals surface area contributed by atoms with Crippen molar-refractivity contribution in [1.82, 2.24) is 5.43 Å². The van der Waals surface area contributed by atoms with Crippen LogP contribution in [0.25, 0.3) is 0 Å². The highest BCUT2D eigenvalue weighted by Gasteiger charge is 1.86. The fraction of sp³-hybridized carbons (Fsp3) is 0.667. The van der Waals surface area contributed by atoms with Gasteiger partial charge in [-0.2, -0.15) is 0 Å². The van der Waals surface area contributed by atoms with E-state index in [1.807, 2.05) is 0 Å². The molecule has 0 aromatic rings. The van der Waals surface area contributed by atoms with Gasteiger partial charge in [0.15, 0.2) is 0 Å². The minimum Gasteiger partial charge on any atom is -0.403 e. The van der Waals surface area contributed by atoms with Crippen LogP contribution in [0.2, 0.25) is 0 Å². The molecule has 0 rings (SSSR count). The van der Waals surface area contributed by atoms with Crippen LogP contribution in [0.4, 0.5) is 0 Å². The van der Waals surface area contributed by atoms with E-state index in [4.69, 9.17) is 11.6 Å². The summed E-state index contributed by atoms with van der Waals surface area (Å²) in [5.41, 5.74) is 8.66. The second kappa shape index (κ2) is 5.59. The molecule has 0 unspecified atom stereocenters. The number of allylic oxidation sites excluding steroid dienone is 1. The smallest absolute Gasteiger partial charge is 0.00975 e. The summed E-state index contributed by atoms with van der Waals surface area (Å²) in [5, 5.41) is 0. The standard InChI is InChI=1S/C6H15N3/c1-6(7)4-2-3-5-9-8/h9H,1-5,7-8H2. The summed E-state index contributed by atoms with van der Waals surface area (Å²) >= 11 is 0. The highest BCUT2D eigenvalue weighted by molar-refractivity contribution is 4.84. The Labute approximate surface area is 56.1 Å². The summed E-state index contributed by atoms with van der Waals surface area (Å²) in [4.78, 5) is 0. The Morgan fingerprint density at radius 3 is 2.56 bits per heavy atom. The summed E-state index contributed by atoms with van der Waals surface area (Å²) in [5.74, 6) is 5.04. The molecule has 0 saturated carbocycles. The molecule has 0 spiro atoms. The van der Waals surface area contributed by atoms with Crippen molar-refractivity contribution in [3.8, 4) is 0 Å². The molecule has 0 aromatic heterocycles. The Bertz CT molecular complexity index is 80.4. The Morgan fingerprint density at radius 1 is 1.44 bits per heavy atom. The minimum absolute atomic E-state index is 0.757. The lowest BCUT2D eigenvalue weighted by Gasteiger charge is -1.98. The van der Waals surface area contributed by atoms with Crippen LogP contribution in [-0.2, 0) is 0 Å². The van der Waals surface area contributed by atoms with E-state index < -0.39 is 0 Å². The summed E-state index contributed by atoms with van der Waals surface area (Å²) in [6.07, 6.45) is 3.04. The average molecular weight is 129 g/mol. The molecule has 0 heterocycles. The van der Waals surface area contributed by atoms with Gasteiger partial charge in [-0.3, -0.25) is 11.3 Å². The Balaban J connectivity index is 2.83. The third-order valence-electron chi connectivity index (χ3n) is 1.07. The van der Waals surface area contributed by atoms with Crippen LogP contribution in [0.1, 0.15) is 19.3 Å². The van der Waals surface area contributed by atoms with Crippen LogP contribution in [0, 0.1) is 0 Å². The molecular weight excluding hydrogens is 114 g/mol.